The molecular weight excluding hydrogens is 464 g/mol. The van der Waals surface area contributed by atoms with Gasteiger partial charge in [-0.15, -0.1) is 0 Å². The van der Waals surface area contributed by atoms with Crippen molar-refractivity contribution in [3.63, 3.8) is 0 Å². The van der Waals surface area contributed by atoms with E-state index in [1.54, 1.807) is 32.9 Å². The molecular formula is C27H36N2O7. The Morgan fingerprint density at radius 2 is 1.78 bits per heavy atom. The van der Waals surface area contributed by atoms with E-state index in [4.69, 9.17) is 14.2 Å². The number of rotatable bonds is 13. The van der Waals surface area contributed by atoms with Gasteiger partial charge >= 0.3 is 12.1 Å². The van der Waals surface area contributed by atoms with Crippen molar-refractivity contribution in [2.24, 2.45) is 0 Å². The minimum Gasteiger partial charge on any atom is -0.496 e. The first-order valence-electron chi connectivity index (χ1n) is 12.2. The van der Waals surface area contributed by atoms with E-state index >= 15 is 0 Å². The first-order chi connectivity index (χ1) is 17.0. The molecule has 9 heteroatoms. The van der Waals surface area contributed by atoms with Crippen LogP contribution in [0.25, 0.3) is 10.9 Å². The van der Waals surface area contributed by atoms with Crippen LogP contribution < -0.4 is 10.1 Å². The second kappa shape index (κ2) is 13.6. The van der Waals surface area contributed by atoms with Crippen LogP contribution in [0.3, 0.4) is 0 Å². The molecule has 0 aliphatic heterocycles. The van der Waals surface area contributed by atoms with Gasteiger partial charge in [-0.3, -0.25) is 9.59 Å². The molecule has 0 fully saturated rings. The maximum Gasteiger partial charge on any atom is 0.408 e. The van der Waals surface area contributed by atoms with E-state index in [9.17, 15) is 19.2 Å². The van der Waals surface area contributed by atoms with Gasteiger partial charge < -0.3 is 19.5 Å². The topological polar surface area (TPSA) is 121 Å². The number of ketones is 2. The number of benzene rings is 1. The van der Waals surface area contributed by atoms with Crippen LogP contribution in [0, 0.1) is 0 Å². The van der Waals surface area contributed by atoms with Crippen LogP contribution >= 0.6 is 0 Å². The molecule has 9 nitrogen and oxygen atoms in total. The van der Waals surface area contributed by atoms with Gasteiger partial charge in [-0.2, -0.15) is 0 Å². The predicted molar refractivity (Wildman–Crippen MR) is 135 cm³/mol. The molecule has 0 radical (unpaired) electrons. The van der Waals surface area contributed by atoms with Crippen LogP contribution in [0.2, 0.25) is 0 Å². The summed E-state index contributed by atoms with van der Waals surface area (Å²) in [5.41, 5.74) is -0.0522. The number of fused-ring (bicyclic) bond motifs is 1. The van der Waals surface area contributed by atoms with Crippen molar-refractivity contribution >= 4 is 34.5 Å². The van der Waals surface area contributed by atoms with Crippen molar-refractivity contribution in [1.29, 1.82) is 0 Å². The number of hydrogen-bond donors (Lipinski definition) is 1. The van der Waals surface area contributed by atoms with Crippen LogP contribution in [-0.4, -0.2) is 54.0 Å². The largest absolute Gasteiger partial charge is 0.496 e. The summed E-state index contributed by atoms with van der Waals surface area (Å²) in [4.78, 5) is 53.6. The third-order valence-electron chi connectivity index (χ3n) is 5.35. The number of hydrogen-bond acceptors (Lipinski definition) is 8. The molecule has 0 aliphatic rings. The molecule has 0 aliphatic carbocycles. The summed E-state index contributed by atoms with van der Waals surface area (Å²) >= 11 is 0. The molecule has 1 amide bonds. The maximum atomic E-state index is 12.8. The van der Waals surface area contributed by atoms with Gasteiger partial charge in [0.1, 0.15) is 28.9 Å². The Labute approximate surface area is 211 Å². The van der Waals surface area contributed by atoms with E-state index in [1.165, 1.54) is 13.2 Å². The highest BCUT2D eigenvalue weighted by Gasteiger charge is 2.26. The fourth-order valence-electron chi connectivity index (χ4n) is 3.49. The van der Waals surface area contributed by atoms with Crippen LogP contribution in [0.1, 0.15) is 76.7 Å². The Bertz CT molecular complexity index is 1080. The van der Waals surface area contributed by atoms with Crippen LogP contribution in [0.5, 0.6) is 5.75 Å². The van der Waals surface area contributed by atoms with Crippen LogP contribution in [0.15, 0.2) is 30.3 Å². The monoisotopic (exact) mass is 500 g/mol. The number of esters is 1. The Kier molecular flexibility index (Phi) is 10.8. The van der Waals surface area contributed by atoms with Gasteiger partial charge in [0.15, 0.2) is 6.61 Å². The van der Waals surface area contributed by atoms with Gasteiger partial charge in [0.2, 0.25) is 5.78 Å². The van der Waals surface area contributed by atoms with Crippen molar-refractivity contribution in [2.45, 2.75) is 77.9 Å². The van der Waals surface area contributed by atoms with Gasteiger partial charge in [-0.1, -0.05) is 31.9 Å². The molecule has 0 saturated carbocycles. The molecule has 1 atom stereocenters. The van der Waals surface area contributed by atoms with Crippen LogP contribution in [-0.2, 0) is 19.1 Å². The summed E-state index contributed by atoms with van der Waals surface area (Å²) in [6, 6.07) is 7.75. The summed E-state index contributed by atoms with van der Waals surface area (Å²) in [5.74, 6) is -0.565. The van der Waals surface area contributed by atoms with E-state index in [-0.39, 0.29) is 17.9 Å². The average Bonchev–Trinajstić information content (AvgIpc) is 2.83. The zero-order valence-electron chi connectivity index (χ0n) is 21.7. The number of methoxy groups -OCH3 is 1. The number of unbranched alkanes of at least 4 members (excludes halogenated alkanes) is 2. The summed E-state index contributed by atoms with van der Waals surface area (Å²) < 4.78 is 15.9. The van der Waals surface area contributed by atoms with Crippen molar-refractivity contribution in [3.8, 4) is 5.75 Å². The van der Waals surface area contributed by atoms with Crippen molar-refractivity contribution < 1.29 is 33.4 Å². The van der Waals surface area contributed by atoms with E-state index in [0.29, 0.717) is 43.4 Å². The molecule has 1 heterocycles. The maximum absolute atomic E-state index is 12.8. The Morgan fingerprint density at radius 1 is 1.06 bits per heavy atom. The number of amides is 1. The molecule has 1 aromatic carbocycles. The number of Topliss-reactive ketones (excluding diaryl/α,β-unsaturated/α-hetero) is 2. The highest BCUT2D eigenvalue weighted by molar-refractivity contribution is 6.00. The molecule has 196 valence electrons. The van der Waals surface area contributed by atoms with Gasteiger partial charge in [0.05, 0.1) is 12.6 Å². The summed E-state index contributed by atoms with van der Waals surface area (Å²) in [7, 11) is 1.50. The van der Waals surface area contributed by atoms with Crippen molar-refractivity contribution in [1.82, 2.24) is 10.3 Å². The Morgan fingerprint density at radius 3 is 2.44 bits per heavy atom. The van der Waals surface area contributed by atoms with Gasteiger partial charge in [-0.25, -0.2) is 14.6 Å². The normalized spacial score (nSPS) is 12.0. The number of pyridine rings is 1. The summed E-state index contributed by atoms with van der Waals surface area (Å²) in [5, 5.41) is 3.30. The van der Waals surface area contributed by atoms with Crippen molar-refractivity contribution in [3.05, 3.63) is 36.0 Å². The van der Waals surface area contributed by atoms with E-state index in [0.717, 1.165) is 5.39 Å². The second-order valence-corrected chi connectivity index (χ2v) is 9.45. The quantitative estimate of drug-likeness (QED) is 0.237. The third kappa shape index (κ3) is 9.28. The zero-order chi connectivity index (χ0) is 26.7. The van der Waals surface area contributed by atoms with Gasteiger partial charge in [0, 0.05) is 24.3 Å². The SMILES string of the molecule is CCC(=O)CCCCCC(NC(=O)OC(C)(C)C)C(=O)OCC(=O)c1cc(OC)c2ccccc2n1. The standard InChI is InChI=1S/C27H36N2O7/c1-6-18(30)12-8-7-9-15-21(29-26(33)36-27(2,3)4)25(32)35-17-23(31)22-16-24(34-5)19-13-10-11-14-20(19)28-22/h10-11,13-14,16,21H,6-9,12,15,17H2,1-5H3,(H,29,33). The number of nitrogens with zero attached hydrogens (tertiary/aromatic N) is 1. The fourth-order valence-corrected chi connectivity index (χ4v) is 3.49. The summed E-state index contributed by atoms with van der Waals surface area (Å²) in [6.45, 7) is 6.44. The number of carbonyl (C=O) groups is 4. The highest BCUT2D eigenvalue weighted by atomic mass is 16.6. The molecule has 0 bridgehead atoms. The minimum absolute atomic E-state index is 0.107. The fraction of sp³-hybridized carbons (Fsp3) is 0.519. The molecule has 2 rings (SSSR count). The Hall–Kier alpha value is -3.49. The molecule has 36 heavy (non-hydrogen) atoms. The summed E-state index contributed by atoms with van der Waals surface area (Å²) in [6.07, 6.45) is 2.53. The number of alkyl carbamates (subject to hydrolysis) is 1. The lowest BCUT2D eigenvalue weighted by molar-refractivity contribution is -0.145. The molecule has 2 aromatic rings. The smallest absolute Gasteiger partial charge is 0.408 e. The molecule has 1 unspecified atom stereocenters. The molecule has 1 aromatic heterocycles. The van der Waals surface area contributed by atoms with Gasteiger partial charge in [-0.05, 0) is 45.7 Å². The molecule has 1 N–H and O–H groups in total. The van der Waals surface area contributed by atoms with Crippen molar-refractivity contribution in [2.75, 3.05) is 13.7 Å². The second-order valence-electron chi connectivity index (χ2n) is 9.45. The lowest BCUT2D eigenvalue weighted by atomic mass is 10.1. The number of ether oxygens (including phenoxy) is 3. The highest BCUT2D eigenvalue weighted by Crippen LogP contribution is 2.25. The van der Waals surface area contributed by atoms with Crippen LogP contribution in [0.4, 0.5) is 4.79 Å². The average molecular weight is 501 g/mol. The lowest BCUT2D eigenvalue weighted by Gasteiger charge is -2.23. The first-order valence-corrected chi connectivity index (χ1v) is 12.2. The zero-order valence-corrected chi connectivity index (χ0v) is 21.7. The van der Waals surface area contributed by atoms with E-state index < -0.39 is 36.1 Å². The van der Waals surface area contributed by atoms with E-state index in [1.807, 2.05) is 19.1 Å². The number of para-hydroxylation sites is 1. The predicted octanol–water partition coefficient (Wildman–Crippen LogP) is 4.79. The number of nitrogens with one attached hydrogen (secondary N) is 1. The molecule has 0 spiro atoms. The third-order valence-corrected chi connectivity index (χ3v) is 5.35. The lowest BCUT2D eigenvalue weighted by Crippen LogP contribution is -2.44. The first kappa shape index (κ1) is 28.7. The number of carbonyl (C=O) groups excluding carboxylic acids is 4. The molecule has 0 saturated heterocycles. The van der Waals surface area contributed by atoms with E-state index in [2.05, 4.69) is 10.3 Å². The minimum atomic E-state index is -0.992. The Balaban J connectivity index is 2.02. The number of aromatic nitrogens is 1. The van der Waals surface area contributed by atoms with Gasteiger partial charge in [0.25, 0.3) is 0 Å².